The van der Waals surface area contributed by atoms with E-state index in [9.17, 15) is 0 Å². The van der Waals surface area contributed by atoms with Crippen molar-refractivity contribution in [2.24, 2.45) is 0 Å². The topological polar surface area (TPSA) is 116 Å². The lowest BCUT2D eigenvalue weighted by Gasteiger charge is -2.09. The molecule has 6 N–H and O–H groups in total. The number of ether oxygens (including phenoxy) is 1. The van der Waals surface area contributed by atoms with Crippen molar-refractivity contribution in [2.75, 3.05) is 12.3 Å². The minimum atomic E-state index is -1.38. The lowest BCUT2D eigenvalue weighted by molar-refractivity contribution is -0.132. The quantitative estimate of drug-likeness (QED) is 0.391. The molecule has 96 valence electrons. The van der Waals surface area contributed by atoms with E-state index in [4.69, 9.17) is 26.2 Å². The van der Waals surface area contributed by atoms with E-state index in [2.05, 4.69) is 4.74 Å². The van der Waals surface area contributed by atoms with E-state index >= 15 is 0 Å². The van der Waals surface area contributed by atoms with Gasteiger partial charge in [-0.15, -0.1) is 0 Å². The van der Waals surface area contributed by atoms with Gasteiger partial charge in [-0.05, 0) is 12.1 Å². The second kappa shape index (κ2) is 6.53. The summed E-state index contributed by atoms with van der Waals surface area (Å²) in [7, 11) is 0. The van der Waals surface area contributed by atoms with Gasteiger partial charge in [0.25, 0.3) is 0 Å². The SMILES string of the molecule is Nc1ccccc1.OC[C@H]1O[C@@H](O)[C@H](O)[C@@H]1O. The van der Waals surface area contributed by atoms with Gasteiger partial charge in [0.05, 0.1) is 6.61 Å². The molecule has 1 aliphatic heterocycles. The Morgan fingerprint density at radius 2 is 1.65 bits per heavy atom. The Kier molecular flexibility index (Phi) is 5.33. The molecule has 4 atom stereocenters. The Bertz CT molecular complexity index is 321. The highest BCUT2D eigenvalue weighted by molar-refractivity contribution is 5.35. The van der Waals surface area contributed by atoms with Crippen molar-refractivity contribution >= 4 is 5.69 Å². The van der Waals surface area contributed by atoms with Gasteiger partial charge in [-0.1, -0.05) is 18.2 Å². The van der Waals surface area contributed by atoms with Crippen LogP contribution in [0.2, 0.25) is 0 Å². The van der Waals surface area contributed by atoms with Gasteiger partial charge in [0, 0.05) is 5.69 Å². The third-order valence-corrected chi connectivity index (χ3v) is 2.32. The summed E-state index contributed by atoms with van der Waals surface area (Å²) in [5.41, 5.74) is 6.18. The molecule has 0 spiro atoms. The number of para-hydroxylation sites is 1. The third-order valence-electron chi connectivity index (χ3n) is 2.32. The van der Waals surface area contributed by atoms with E-state index in [1.807, 2.05) is 30.3 Å². The number of aliphatic hydroxyl groups is 4. The Labute approximate surface area is 98.9 Å². The first kappa shape index (κ1) is 13.9. The molecule has 0 bridgehead atoms. The van der Waals surface area contributed by atoms with Crippen LogP contribution in [0.4, 0.5) is 5.69 Å². The largest absolute Gasteiger partial charge is 0.399 e. The van der Waals surface area contributed by atoms with Crippen LogP contribution in [0.3, 0.4) is 0 Å². The zero-order valence-corrected chi connectivity index (χ0v) is 9.18. The standard InChI is InChI=1S/C6H7N.C5H10O5/c7-6-4-2-1-3-5-6;6-1-2-3(7)4(8)5(9)10-2/h1-5H,7H2;2-9H,1H2/t;2-,3-,4-,5-/m.1/s1. The van der Waals surface area contributed by atoms with E-state index in [0.29, 0.717) is 0 Å². The van der Waals surface area contributed by atoms with Crippen molar-refractivity contribution in [1.29, 1.82) is 0 Å². The fourth-order valence-corrected chi connectivity index (χ4v) is 1.33. The molecule has 0 unspecified atom stereocenters. The first-order valence-electron chi connectivity index (χ1n) is 5.17. The van der Waals surface area contributed by atoms with Crippen LogP contribution in [0.5, 0.6) is 0 Å². The summed E-state index contributed by atoms with van der Waals surface area (Å²) in [6, 6.07) is 9.49. The summed E-state index contributed by atoms with van der Waals surface area (Å²) in [4.78, 5) is 0. The molecule has 6 nitrogen and oxygen atoms in total. The number of nitrogens with two attached hydrogens (primary N) is 1. The smallest absolute Gasteiger partial charge is 0.184 e. The minimum absolute atomic E-state index is 0.407. The van der Waals surface area contributed by atoms with Crippen LogP contribution in [-0.2, 0) is 4.74 Å². The maximum absolute atomic E-state index is 8.93. The van der Waals surface area contributed by atoms with Crippen molar-refractivity contribution in [2.45, 2.75) is 24.6 Å². The van der Waals surface area contributed by atoms with Gasteiger partial charge >= 0.3 is 0 Å². The summed E-state index contributed by atoms with van der Waals surface area (Å²) in [5.74, 6) is 0. The lowest BCUT2D eigenvalue weighted by atomic mass is 10.1. The van der Waals surface area contributed by atoms with Crippen LogP contribution in [0.1, 0.15) is 0 Å². The zero-order valence-electron chi connectivity index (χ0n) is 9.18. The minimum Gasteiger partial charge on any atom is -0.399 e. The van der Waals surface area contributed by atoms with Crippen molar-refractivity contribution in [3.8, 4) is 0 Å². The second-order valence-corrected chi connectivity index (χ2v) is 3.64. The van der Waals surface area contributed by atoms with Crippen LogP contribution < -0.4 is 5.73 Å². The monoisotopic (exact) mass is 243 g/mol. The molecular weight excluding hydrogens is 226 g/mol. The van der Waals surface area contributed by atoms with Gasteiger partial charge in [-0.3, -0.25) is 0 Å². The van der Waals surface area contributed by atoms with Crippen molar-refractivity contribution in [3.63, 3.8) is 0 Å². The van der Waals surface area contributed by atoms with Crippen LogP contribution in [-0.4, -0.2) is 51.6 Å². The fourth-order valence-electron chi connectivity index (χ4n) is 1.33. The predicted molar refractivity (Wildman–Crippen MR) is 60.8 cm³/mol. The van der Waals surface area contributed by atoms with E-state index < -0.39 is 31.2 Å². The molecule has 0 aromatic heterocycles. The highest BCUT2D eigenvalue weighted by Crippen LogP contribution is 2.18. The molecule has 0 amide bonds. The average molecular weight is 243 g/mol. The molecule has 17 heavy (non-hydrogen) atoms. The molecule has 1 aromatic carbocycles. The summed E-state index contributed by atoms with van der Waals surface area (Å²) in [5, 5.41) is 35.0. The molecule has 1 saturated heterocycles. The molecule has 6 heteroatoms. The van der Waals surface area contributed by atoms with E-state index in [1.54, 1.807) is 0 Å². The molecule has 1 aromatic rings. The van der Waals surface area contributed by atoms with Crippen molar-refractivity contribution < 1.29 is 25.2 Å². The number of hydrogen-bond acceptors (Lipinski definition) is 6. The third kappa shape index (κ3) is 3.95. The maximum atomic E-state index is 8.93. The molecule has 1 fully saturated rings. The maximum Gasteiger partial charge on any atom is 0.184 e. The Balaban J connectivity index is 0.000000181. The normalized spacial score (nSPS) is 31.8. The number of anilines is 1. The van der Waals surface area contributed by atoms with Gasteiger partial charge in [0.2, 0.25) is 0 Å². The summed E-state index contributed by atoms with van der Waals surface area (Å²) in [6.45, 7) is -0.407. The zero-order chi connectivity index (χ0) is 12.8. The van der Waals surface area contributed by atoms with Crippen molar-refractivity contribution in [3.05, 3.63) is 30.3 Å². The number of nitrogen functional groups attached to an aromatic ring is 1. The Hall–Kier alpha value is -1.18. The number of hydrogen-bond donors (Lipinski definition) is 5. The van der Waals surface area contributed by atoms with Crippen LogP contribution in [0, 0.1) is 0 Å². The summed E-state index contributed by atoms with van der Waals surface area (Å²) in [6.07, 6.45) is -4.76. The lowest BCUT2D eigenvalue weighted by Crippen LogP contribution is -2.33. The molecule has 0 aliphatic carbocycles. The van der Waals surface area contributed by atoms with Gasteiger partial charge in [0.15, 0.2) is 6.29 Å². The van der Waals surface area contributed by atoms with Gasteiger partial charge in [0.1, 0.15) is 18.3 Å². The van der Waals surface area contributed by atoms with E-state index in [0.717, 1.165) is 5.69 Å². The second-order valence-electron chi connectivity index (χ2n) is 3.64. The number of rotatable bonds is 1. The summed E-state index contributed by atoms with van der Waals surface area (Å²) < 4.78 is 4.54. The predicted octanol–water partition coefficient (Wildman–Crippen LogP) is -1.31. The van der Waals surface area contributed by atoms with E-state index in [1.165, 1.54) is 0 Å². The average Bonchev–Trinajstić information content (AvgIpc) is 2.58. The highest BCUT2D eigenvalue weighted by atomic mass is 16.6. The first-order valence-corrected chi connectivity index (χ1v) is 5.17. The van der Waals surface area contributed by atoms with Crippen molar-refractivity contribution in [1.82, 2.24) is 0 Å². The summed E-state index contributed by atoms with van der Waals surface area (Å²) >= 11 is 0. The van der Waals surface area contributed by atoms with E-state index in [-0.39, 0.29) is 0 Å². The molecular formula is C11H17NO5. The number of benzene rings is 1. The molecule has 0 radical (unpaired) electrons. The molecule has 0 saturated carbocycles. The molecule has 1 heterocycles. The fraction of sp³-hybridized carbons (Fsp3) is 0.455. The van der Waals surface area contributed by atoms with Crippen LogP contribution in [0.15, 0.2) is 30.3 Å². The number of aliphatic hydroxyl groups excluding tert-OH is 4. The van der Waals surface area contributed by atoms with Gasteiger partial charge in [-0.25, -0.2) is 0 Å². The highest BCUT2D eigenvalue weighted by Gasteiger charge is 2.41. The van der Waals surface area contributed by atoms with Crippen LogP contribution in [0.25, 0.3) is 0 Å². The molecule has 1 aliphatic rings. The first-order chi connectivity index (χ1) is 8.06. The van der Waals surface area contributed by atoms with Crippen LogP contribution >= 0.6 is 0 Å². The van der Waals surface area contributed by atoms with Gasteiger partial charge < -0.3 is 30.9 Å². The Morgan fingerprint density at radius 3 is 1.88 bits per heavy atom. The Morgan fingerprint density at radius 1 is 1.06 bits per heavy atom. The molecule has 2 rings (SSSR count). The van der Waals surface area contributed by atoms with Gasteiger partial charge in [-0.2, -0.15) is 0 Å².